The molecule has 0 aliphatic rings. The van der Waals surface area contributed by atoms with Gasteiger partial charge in [-0.3, -0.25) is 4.68 Å². The smallest absolute Gasteiger partial charge is 0.131 e. The fourth-order valence-electron chi connectivity index (χ4n) is 2.04. The van der Waals surface area contributed by atoms with Crippen LogP contribution in [0.15, 0.2) is 30.6 Å². The van der Waals surface area contributed by atoms with Gasteiger partial charge in [-0.25, -0.2) is 8.78 Å². The van der Waals surface area contributed by atoms with E-state index in [4.69, 9.17) is 0 Å². The van der Waals surface area contributed by atoms with Gasteiger partial charge >= 0.3 is 0 Å². The van der Waals surface area contributed by atoms with Crippen molar-refractivity contribution in [2.45, 2.75) is 19.5 Å². The molecule has 1 N–H and O–H groups in total. The second-order valence-electron chi connectivity index (χ2n) is 5.33. The quantitative estimate of drug-likeness (QED) is 0.889. The molecular weight excluding hydrogens is 274 g/mol. The van der Waals surface area contributed by atoms with Gasteiger partial charge in [0.15, 0.2) is 0 Å². The summed E-state index contributed by atoms with van der Waals surface area (Å²) in [6, 6.07) is 3.35. The Labute approximate surface area is 123 Å². The van der Waals surface area contributed by atoms with Crippen molar-refractivity contribution in [3.05, 3.63) is 47.8 Å². The van der Waals surface area contributed by atoms with E-state index in [1.165, 1.54) is 12.1 Å². The average Bonchev–Trinajstić information content (AvgIpc) is 2.83. The van der Waals surface area contributed by atoms with Crippen molar-refractivity contribution in [3.8, 4) is 0 Å². The van der Waals surface area contributed by atoms with Crippen LogP contribution in [0.2, 0.25) is 0 Å². The third-order valence-electron chi connectivity index (χ3n) is 3.22. The van der Waals surface area contributed by atoms with Crippen LogP contribution < -0.4 is 5.32 Å². The van der Waals surface area contributed by atoms with Crippen molar-refractivity contribution in [1.82, 2.24) is 14.7 Å². The summed E-state index contributed by atoms with van der Waals surface area (Å²) in [7, 11) is 4.00. The molecule has 0 saturated carbocycles. The maximum atomic E-state index is 13.7. The molecule has 0 aliphatic heterocycles. The van der Waals surface area contributed by atoms with E-state index in [-0.39, 0.29) is 6.04 Å². The molecule has 1 heterocycles. The first-order valence-corrected chi connectivity index (χ1v) is 6.84. The van der Waals surface area contributed by atoms with Crippen LogP contribution in [-0.4, -0.2) is 35.3 Å². The Balaban J connectivity index is 2.00. The molecule has 0 fully saturated rings. The van der Waals surface area contributed by atoms with Crippen molar-refractivity contribution in [2.75, 3.05) is 26.0 Å². The molecule has 0 radical (unpaired) electrons. The Kier molecular flexibility index (Phi) is 4.90. The number of nitrogens with zero attached hydrogens (tertiary/aromatic N) is 3. The highest BCUT2D eigenvalue weighted by Gasteiger charge is 2.12. The van der Waals surface area contributed by atoms with Gasteiger partial charge in [0.1, 0.15) is 11.6 Å². The van der Waals surface area contributed by atoms with Crippen molar-refractivity contribution in [2.24, 2.45) is 0 Å². The first-order chi connectivity index (χ1) is 9.95. The summed E-state index contributed by atoms with van der Waals surface area (Å²) in [6.07, 6.45) is 3.58. The van der Waals surface area contributed by atoms with Crippen LogP contribution in [-0.2, 0) is 6.54 Å². The molecular formula is C15H20F2N4. The molecule has 0 bridgehead atoms. The summed E-state index contributed by atoms with van der Waals surface area (Å²) >= 11 is 0. The van der Waals surface area contributed by atoms with Crippen LogP contribution in [0.25, 0.3) is 0 Å². The number of benzene rings is 1. The fourth-order valence-corrected chi connectivity index (χ4v) is 2.04. The van der Waals surface area contributed by atoms with E-state index < -0.39 is 11.6 Å². The molecule has 1 aromatic carbocycles. The zero-order chi connectivity index (χ0) is 15.4. The first kappa shape index (κ1) is 15.4. The standard InChI is InChI=1S/C15H20F2N4/c1-11(14-5-4-12(16)8-15(14)17)19-13-9-18-21(10-13)7-6-20(2)3/h4-5,8-11,19H,6-7H2,1-3H3. The summed E-state index contributed by atoms with van der Waals surface area (Å²) in [6.45, 7) is 3.50. The second-order valence-corrected chi connectivity index (χ2v) is 5.33. The SMILES string of the molecule is CC(Nc1cnn(CCN(C)C)c1)c1ccc(F)cc1F. The molecule has 1 atom stereocenters. The Morgan fingerprint density at radius 2 is 2.10 bits per heavy atom. The zero-order valence-electron chi connectivity index (χ0n) is 12.5. The molecule has 0 spiro atoms. The van der Waals surface area contributed by atoms with Gasteiger partial charge in [0.05, 0.1) is 24.5 Å². The minimum Gasteiger partial charge on any atom is -0.376 e. The molecule has 1 unspecified atom stereocenters. The van der Waals surface area contributed by atoms with Crippen LogP contribution in [0.3, 0.4) is 0 Å². The number of halogens is 2. The molecule has 6 heteroatoms. The van der Waals surface area contributed by atoms with Crippen LogP contribution in [0.1, 0.15) is 18.5 Å². The summed E-state index contributed by atoms with van der Waals surface area (Å²) in [4.78, 5) is 2.07. The molecule has 0 aliphatic carbocycles. The topological polar surface area (TPSA) is 33.1 Å². The number of hydrogen-bond acceptors (Lipinski definition) is 3. The molecule has 114 valence electrons. The lowest BCUT2D eigenvalue weighted by Crippen LogP contribution is -2.18. The minimum absolute atomic E-state index is 0.267. The zero-order valence-corrected chi connectivity index (χ0v) is 12.5. The summed E-state index contributed by atoms with van der Waals surface area (Å²) in [5.74, 6) is -1.12. The van der Waals surface area contributed by atoms with Gasteiger partial charge in [0.25, 0.3) is 0 Å². The predicted octanol–water partition coefficient (Wildman–Crippen LogP) is 2.90. The van der Waals surface area contributed by atoms with E-state index in [2.05, 4.69) is 15.3 Å². The third-order valence-corrected chi connectivity index (χ3v) is 3.22. The molecule has 4 nitrogen and oxygen atoms in total. The second kappa shape index (κ2) is 6.67. The number of nitrogens with one attached hydrogen (secondary N) is 1. The van der Waals surface area contributed by atoms with Crippen LogP contribution in [0.5, 0.6) is 0 Å². The van der Waals surface area contributed by atoms with Crippen molar-refractivity contribution in [3.63, 3.8) is 0 Å². The Bertz CT molecular complexity index is 595. The lowest BCUT2D eigenvalue weighted by Gasteiger charge is -2.15. The monoisotopic (exact) mass is 294 g/mol. The predicted molar refractivity (Wildman–Crippen MR) is 79.2 cm³/mol. The van der Waals surface area contributed by atoms with Crippen LogP contribution in [0, 0.1) is 11.6 Å². The molecule has 1 aromatic heterocycles. The summed E-state index contributed by atoms with van der Waals surface area (Å²) in [5, 5.41) is 7.41. The summed E-state index contributed by atoms with van der Waals surface area (Å²) in [5.41, 5.74) is 1.24. The van der Waals surface area contributed by atoms with Crippen LogP contribution >= 0.6 is 0 Å². The van der Waals surface area contributed by atoms with E-state index in [0.29, 0.717) is 5.56 Å². The maximum Gasteiger partial charge on any atom is 0.131 e. The number of rotatable bonds is 6. The lowest BCUT2D eigenvalue weighted by atomic mass is 10.1. The molecule has 2 aromatic rings. The lowest BCUT2D eigenvalue weighted by molar-refractivity contribution is 0.373. The van der Waals surface area contributed by atoms with Crippen molar-refractivity contribution >= 4 is 5.69 Å². The van der Waals surface area contributed by atoms with E-state index in [1.807, 2.05) is 31.9 Å². The number of anilines is 1. The molecule has 0 saturated heterocycles. The molecule has 0 amide bonds. The van der Waals surface area contributed by atoms with Gasteiger partial charge in [-0.1, -0.05) is 6.07 Å². The van der Waals surface area contributed by atoms with E-state index in [9.17, 15) is 8.78 Å². The molecule has 21 heavy (non-hydrogen) atoms. The highest BCUT2D eigenvalue weighted by Crippen LogP contribution is 2.22. The van der Waals surface area contributed by atoms with E-state index in [1.54, 1.807) is 6.20 Å². The van der Waals surface area contributed by atoms with Gasteiger partial charge in [-0.2, -0.15) is 5.10 Å². The third kappa shape index (κ3) is 4.26. The number of aromatic nitrogens is 2. The van der Waals surface area contributed by atoms with Crippen molar-refractivity contribution < 1.29 is 8.78 Å². The van der Waals surface area contributed by atoms with E-state index in [0.717, 1.165) is 24.8 Å². The van der Waals surface area contributed by atoms with Gasteiger partial charge in [-0.05, 0) is 27.1 Å². The Hall–Kier alpha value is -1.95. The molecule has 2 rings (SSSR count). The maximum absolute atomic E-state index is 13.7. The highest BCUT2D eigenvalue weighted by molar-refractivity contribution is 5.41. The average molecular weight is 294 g/mol. The van der Waals surface area contributed by atoms with Gasteiger partial charge < -0.3 is 10.2 Å². The normalized spacial score (nSPS) is 12.7. The van der Waals surface area contributed by atoms with E-state index >= 15 is 0 Å². The minimum atomic E-state index is -0.569. The highest BCUT2D eigenvalue weighted by atomic mass is 19.1. The van der Waals surface area contributed by atoms with Gasteiger partial charge in [-0.15, -0.1) is 0 Å². The van der Waals surface area contributed by atoms with Gasteiger partial charge in [0.2, 0.25) is 0 Å². The fraction of sp³-hybridized carbons (Fsp3) is 0.400. The summed E-state index contributed by atoms with van der Waals surface area (Å²) < 4.78 is 28.5. The Morgan fingerprint density at radius 1 is 1.33 bits per heavy atom. The number of likely N-dealkylation sites (N-methyl/N-ethyl adjacent to an activating group) is 1. The van der Waals surface area contributed by atoms with Crippen molar-refractivity contribution in [1.29, 1.82) is 0 Å². The number of hydrogen-bond donors (Lipinski definition) is 1. The van der Waals surface area contributed by atoms with Gasteiger partial charge in [0, 0.05) is 24.4 Å². The Morgan fingerprint density at radius 3 is 2.76 bits per heavy atom. The first-order valence-electron chi connectivity index (χ1n) is 6.84. The largest absolute Gasteiger partial charge is 0.376 e. The van der Waals surface area contributed by atoms with Crippen LogP contribution in [0.4, 0.5) is 14.5 Å².